The van der Waals surface area contributed by atoms with Crippen LogP contribution in [0, 0.1) is 0 Å². The molecule has 0 saturated carbocycles. The Labute approximate surface area is 366 Å². The number of rotatable bonds is 9. The Morgan fingerprint density at radius 1 is 0.644 bits per heavy atom. The number of carbonyl (C=O) groups excluding carboxylic acids is 4. The second kappa shape index (κ2) is 24.4. The van der Waals surface area contributed by atoms with Gasteiger partial charge in [-0.3, -0.25) is 4.90 Å². The van der Waals surface area contributed by atoms with Crippen molar-refractivity contribution in [1.82, 2.24) is 19.6 Å². The molecule has 4 aromatic rings. The SMILES string of the molecule is CCN1CCN(C(=O)N(Cc2ccc(C(=O)OC)cc2)c2cccc(Cl)c2)CC1.CCN1CCN(C(=O)Nc2cccc(Cl)c2)CC1.COC(=O)c1ccc(CBr)cc1. The lowest BCUT2D eigenvalue weighted by Gasteiger charge is -2.37. The number of hydrogen-bond donors (Lipinski definition) is 1. The van der Waals surface area contributed by atoms with Crippen LogP contribution in [0.3, 0.4) is 0 Å². The fourth-order valence-electron chi connectivity index (χ4n) is 6.27. The molecule has 0 aliphatic carbocycles. The van der Waals surface area contributed by atoms with E-state index < -0.39 is 0 Å². The highest BCUT2D eigenvalue weighted by Crippen LogP contribution is 2.24. The molecule has 2 fully saturated rings. The summed E-state index contributed by atoms with van der Waals surface area (Å²) in [5.41, 5.74) is 4.61. The number of amides is 4. The fourth-order valence-corrected chi connectivity index (χ4v) is 7.02. The summed E-state index contributed by atoms with van der Waals surface area (Å²) in [5.74, 6) is -0.677. The van der Waals surface area contributed by atoms with E-state index in [1.54, 1.807) is 53.4 Å². The molecular formula is C44H53BrCl2N6O6. The molecule has 0 unspecified atom stereocenters. The van der Waals surface area contributed by atoms with E-state index in [-0.39, 0.29) is 24.0 Å². The van der Waals surface area contributed by atoms with Crippen LogP contribution in [-0.2, 0) is 21.3 Å². The maximum Gasteiger partial charge on any atom is 0.337 e. The lowest BCUT2D eigenvalue weighted by atomic mass is 10.1. The Balaban J connectivity index is 0.000000217. The van der Waals surface area contributed by atoms with Gasteiger partial charge in [-0.15, -0.1) is 0 Å². The molecule has 1 N–H and O–H groups in total. The Bertz CT molecular complexity index is 1960. The molecule has 59 heavy (non-hydrogen) atoms. The highest BCUT2D eigenvalue weighted by Gasteiger charge is 2.26. The van der Waals surface area contributed by atoms with Gasteiger partial charge in [0.1, 0.15) is 0 Å². The molecule has 0 radical (unpaired) electrons. The molecule has 2 aliphatic heterocycles. The van der Waals surface area contributed by atoms with Crippen LogP contribution in [-0.4, -0.2) is 123 Å². The Kier molecular flexibility index (Phi) is 19.5. The zero-order chi connectivity index (χ0) is 42.7. The molecule has 2 aliphatic rings. The van der Waals surface area contributed by atoms with Crippen molar-refractivity contribution in [1.29, 1.82) is 0 Å². The third-order valence-electron chi connectivity index (χ3n) is 9.87. The molecular weight excluding hydrogens is 859 g/mol. The number of hydrogen-bond acceptors (Lipinski definition) is 8. The molecule has 0 spiro atoms. The lowest BCUT2D eigenvalue weighted by Crippen LogP contribution is -2.52. The third-order valence-corrected chi connectivity index (χ3v) is 11.0. The molecule has 2 heterocycles. The number of nitrogens with zero attached hydrogens (tertiary/aromatic N) is 5. The van der Waals surface area contributed by atoms with Gasteiger partial charge in [0.05, 0.1) is 31.9 Å². The average molecular weight is 913 g/mol. The number of ether oxygens (including phenoxy) is 2. The van der Waals surface area contributed by atoms with Gasteiger partial charge in [-0.2, -0.15) is 0 Å². The quantitative estimate of drug-likeness (QED) is 0.131. The van der Waals surface area contributed by atoms with Crippen molar-refractivity contribution >= 4 is 74.5 Å². The van der Waals surface area contributed by atoms with E-state index in [0.717, 1.165) is 80.2 Å². The summed E-state index contributed by atoms with van der Waals surface area (Å²) < 4.78 is 9.31. The topological polar surface area (TPSA) is 115 Å². The van der Waals surface area contributed by atoms with Crippen molar-refractivity contribution in [3.05, 3.63) is 129 Å². The van der Waals surface area contributed by atoms with Crippen LogP contribution in [0.5, 0.6) is 0 Å². The zero-order valence-corrected chi connectivity index (χ0v) is 37.1. The smallest absolute Gasteiger partial charge is 0.337 e. The maximum absolute atomic E-state index is 13.3. The van der Waals surface area contributed by atoms with Gasteiger partial charge in [0, 0.05) is 79.1 Å². The van der Waals surface area contributed by atoms with Crippen LogP contribution in [0.15, 0.2) is 97.1 Å². The number of methoxy groups -OCH3 is 2. The van der Waals surface area contributed by atoms with Gasteiger partial charge in [0.25, 0.3) is 0 Å². The van der Waals surface area contributed by atoms with Crippen molar-refractivity contribution < 1.29 is 28.7 Å². The number of anilines is 2. The largest absolute Gasteiger partial charge is 0.465 e. The van der Waals surface area contributed by atoms with Crippen molar-refractivity contribution in [3.8, 4) is 0 Å². The second-order valence-electron chi connectivity index (χ2n) is 13.6. The summed E-state index contributed by atoms with van der Waals surface area (Å²) in [4.78, 5) is 58.1. The van der Waals surface area contributed by atoms with Crippen LogP contribution in [0.4, 0.5) is 21.0 Å². The molecule has 4 amide bonds. The lowest BCUT2D eigenvalue weighted by molar-refractivity contribution is 0.0592. The minimum absolute atomic E-state index is 0.0416. The van der Waals surface area contributed by atoms with Crippen LogP contribution < -0.4 is 10.2 Å². The minimum Gasteiger partial charge on any atom is -0.465 e. The van der Waals surface area contributed by atoms with Gasteiger partial charge in [-0.25, -0.2) is 19.2 Å². The minimum atomic E-state index is -0.381. The maximum atomic E-state index is 13.3. The molecule has 15 heteroatoms. The van der Waals surface area contributed by atoms with Gasteiger partial charge >= 0.3 is 24.0 Å². The summed E-state index contributed by atoms with van der Waals surface area (Å²) in [6, 6.07) is 28.8. The first-order valence-electron chi connectivity index (χ1n) is 19.5. The number of halogens is 3. The van der Waals surface area contributed by atoms with Crippen LogP contribution in [0.2, 0.25) is 10.0 Å². The van der Waals surface area contributed by atoms with E-state index >= 15 is 0 Å². The van der Waals surface area contributed by atoms with Gasteiger partial charge in [-0.05, 0) is 84.9 Å². The monoisotopic (exact) mass is 910 g/mol. The number of nitrogens with one attached hydrogen (secondary N) is 1. The van der Waals surface area contributed by atoms with Crippen molar-refractivity contribution in [2.24, 2.45) is 0 Å². The number of esters is 2. The van der Waals surface area contributed by atoms with Crippen molar-refractivity contribution in [3.63, 3.8) is 0 Å². The first-order chi connectivity index (χ1) is 28.5. The zero-order valence-electron chi connectivity index (χ0n) is 34.0. The van der Waals surface area contributed by atoms with Crippen molar-refractivity contribution in [2.45, 2.75) is 25.7 Å². The predicted octanol–water partition coefficient (Wildman–Crippen LogP) is 8.77. The molecule has 12 nitrogen and oxygen atoms in total. The number of urea groups is 2. The molecule has 6 rings (SSSR count). The van der Waals surface area contributed by atoms with E-state index in [2.05, 4.69) is 49.6 Å². The first-order valence-corrected chi connectivity index (χ1v) is 21.3. The normalized spacial score (nSPS) is 14.2. The van der Waals surface area contributed by atoms with Gasteiger partial charge in [-0.1, -0.05) is 89.4 Å². The van der Waals surface area contributed by atoms with E-state index in [0.29, 0.717) is 40.8 Å². The van der Waals surface area contributed by atoms with E-state index in [1.165, 1.54) is 14.2 Å². The number of carbonyl (C=O) groups is 4. The summed E-state index contributed by atoms with van der Waals surface area (Å²) in [6.45, 7) is 13.3. The highest BCUT2D eigenvalue weighted by molar-refractivity contribution is 9.08. The van der Waals surface area contributed by atoms with Crippen LogP contribution in [0.25, 0.3) is 0 Å². The molecule has 4 aromatic carbocycles. The molecule has 316 valence electrons. The summed E-state index contributed by atoms with van der Waals surface area (Å²) in [5, 5.41) is 4.88. The van der Waals surface area contributed by atoms with Gasteiger partial charge in [0.15, 0.2) is 0 Å². The Morgan fingerprint density at radius 2 is 1.12 bits per heavy atom. The fraction of sp³-hybridized carbons (Fsp3) is 0.364. The van der Waals surface area contributed by atoms with Gasteiger partial charge < -0.3 is 34.4 Å². The van der Waals surface area contributed by atoms with Crippen LogP contribution >= 0.6 is 39.1 Å². The second-order valence-corrected chi connectivity index (χ2v) is 15.1. The van der Waals surface area contributed by atoms with E-state index in [4.69, 9.17) is 27.9 Å². The van der Waals surface area contributed by atoms with E-state index in [9.17, 15) is 19.2 Å². The average Bonchev–Trinajstić information content (AvgIpc) is 3.28. The number of piperazine rings is 2. The summed E-state index contributed by atoms with van der Waals surface area (Å²) >= 11 is 15.4. The summed E-state index contributed by atoms with van der Waals surface area (Å²) in [6.07, 6.45) is 0. The standard InChI is InChI=1S/C22H26ClN3O3.C13H18ClN3O.C9H9BrO2/c1-3-24-11-13-25(14-12-24)22(28)26(20-6-4-5-19(23)15-20)16-17-7-9-18(10-8-17)21(27)29-2;1-2-16-6-8-17(9-7-16)13(18)15-12-5-3-4-11(14)10-12;1-12-9(11)8-4-2-7(6-10)3-5-8/h4-10,15H,3,11-14,16H2,1-2H3;3-5,10H,2,6-9H2,1H3,(H,15,18);2-5H,6H2,1H3. The van der Waals surface area contributed by atoms with E-state index in [1.807, 2.05) is 58.3 Å². The highest BCUT2D eigenvalue weighted by atomic mass is 79.9. The molecule has 0 atom stereocenters. The number of benzene rings is 4. The summed E-state index contributed by atoms with van der Waals surface area (Å²) in [7, 11) is 2.73. The molecule has 0 bridgehead atoms. The third kappa shape index (κ3) is 14.8. The Morgan fingerprint density at radius 3 is 1.58 bits per heavy atom. The molecule has 0 aromatic heterocycles. The van der Waals surface area contributed by atoms with Crippen molar-refractivity contribution in [2.75, 3.05) is 89.9 Å². The Hall–Kier alpha value is -4.66. The number of likely N-dealkylation sites (N-methyl/N-ethyl adjacent to an activating group) is 2. The van der Waals surface area contributed by atoms with Gasteiger partial charge in [0.2, 0.25) is 0 Å². The predicted molar refractivity (Wildman–Crippen MR) is 239 cm³/mol. The first kappa shape index (κ1) is 47.0. The van der Waals surface area contributed by atoms with Crippen LogP contribution in [0.1, 0.15) is 45.7 Å². The number of alkyl halides is 1. The molecule has 2 saturated heterocycles.